The molecule has 0 aromatic heterocycles. The van der Waals surface area contributed by atoms with Crippen LogP contribution in [-0.4, -0.2) is 67.4 Å². The van der Waals surface area contributed by atoms with E-state index in [9.17, 15) is 9.59 Å². The lowest BCUT2D eigenvalue weighted by molar-refractivity contribution is -0.156. The third kappa shape index (κ3) is 5.04. The van der Waals surface area contributed by atoms with Crippen molar-refractivity contribution in [2.45, 2.75) is 23.3 Å². The van der Waals surface area contributed by atoms with Gasteiger partial charge in [0.15, 0.2) is 0 Å². The van der Waals surface area contributed by atoms with E-state index in [0.29, 0.717) is 26.1 Å². The van der Waals surface area contributed by atoms with Crippen LogP contribution >= 0.6 is 25.3 Å². The highest BCUT2D eigenvalue weighted by Gasteiger charge is 2.32. The first-order valence-electron chi connectivity index (χ1n) is 7.53. The summed E-state index contributed by atoms with van der Waals surface area (Å²) in [7, 11) is 1.39. The molecule has 2 aliphatic rings. The molecule has 2 heterocycles. The zero-order valence-electron chi connectivity index (χ0n) is 12.7. The van der Waals surface area contributed by atoms with Crippen molar-refractivity contribution in [1.82, 2.24) is 10.2 Å². The minimum absolute atomic E-state index is 0.0784. The van der Waals surface area contributed by atoms with E-state index in [0.717, 1.165) is 13.0 Å². The number of hydrogen-bond donors (Lipinski definition) is 3. The molecule has 2 fully saturated rings. The summed E-state index contributed by atoms with van der Waals surface area (Å²) in [5.41, 5.74) is 0. The van der Waals surface area contributed by atoms with Gasteiger partial charge in [0.1, 0.15) is 6.73 Å². The molecule has 0 amide bonds. The maximum Gasteiger partial charge on any atom is 0.311 e. The summed E-state index contributed by atoms with van der Waals surface area (Å²) in [6.07, 6.45) is 1.42. The molecule has 1 N–H and O–H groups in total. The first kappa shape index (κ1) is 17.9. The lowest BCUT2D eigenvalue weighted by atomic mass is 9.98. The number of thiol groups is 2. The number of rotatable bonds is 4. The molecule has 2 aliphatic heterocycles. The molecule has 0 radical (unpaired) electrons. The standard InChI is InChI=1S/C14H24N2O4S2/c1-19-13(17)10-3-12(22)7-16(6-10)8-20-14(18)9-2-11(21)5-15-4-9/h9-12,15,21-22H,2-8H2,1H3/t9-,10+,11-,12+/m1/s1. The molecule has 0 bridgehead atoms. The second-order valence-corrected chi connectivity index (χ2v) is 7.44. The van der Waals surface area contributed by atoms with Gasteiger partial charge in [-0.3, -0.25) is 14.5 Å². The number of carbonyl (C=O) groups is 2. The molecule has 2 rings (SSSR count). The number of methoxy groups -OCH3 is 1. The van der Waals surface area contributed by atoms with Crippen LogP contribution in [0, 0.1) is 11.8 Å². The van der Waals surface area contributed by atoms with Gasteiger partial charge < -0.3 is 14.8 Å². The summed E-state index contributed by atoms with van der Waals surface area (Å²) >= 11 is 8.86. The van der Waals surface area contributed by atoms with Gasteiger partial charge in [0.25, 0.3) is 0 Å². The molecule has 0 aromatic carbocycles. The van der Waals surface area contributed by atoms with Gasteiger partial charge in [0, 0.05) is 36.7 Å². The maximum atomic E-state index is 12.1. The van der Waals surface area contributed by atoms with E-state index >= 15 is 0 Å². The smallest absolute Gasteiger partial charge is 0.311 e. The number of nitrogens with zero attached hydrogens (tertiary/aromatic N) is 1. The SMILES string of the molecule is COC(=O)[C@H]1C[C@H](S)CN(COC(=O)[C@H]2CNC[C@H](S)C2)C1. The predicted octanol–water partition coefficient (Wildman–Crippen LogP) is 0.188. The quantitative estimate of drug-likeness (QED) is 0.498. The van der Waals surface area contributed by atoms with Crippen LogP contribution in [0.15, 0.2) is 0 Å². The highest BCUT2D eigenvalue weighted by Crippen LogP contribution is 2.22. The topological polar surface area (TPSA) is 67.9 Å². The van der Waals surface area contributed by atoms with E-state index in [2.05, 4.69) is 30.6 Å². The van der Waals surface area contributed by atoms with Gasteiger partial charge in [0.05, 0.1) is 18.9 Å². The van der Waals surface area contributed by atoms with Crippen LogP contribution in [0.1, 0.15) is 12.8 Å². The van der Waals surface area contributed by atoms with Crippen molar-refractivity contribution in [2.75, 3.05) is 40.0 Å². The van der Waals surface area contributed by atoms with E-state index in [1.165, 1.54) is 7.11 Å². The minimum Gasteiger partial charge on any atom is -0.469 e. The zero-order valence-corrected chi connectivity index (χ0v) is 14.5. The fourth-order valence-corrected chi connectivity index (χ4v) is 3.85. The van der Waals surface area contributed by atoms with Crippen LogP contribution in [0.3, 0.4) is 0 Å². The average Bonchev–Trinajstić information content (AvgIpc) is 2.51. The normalized spacial score (nSPS) is 33.2. The maximum absolute atomic E-state index is 12.1. The average molecular weight is 348 g/mol. The van der Waals surface area contributed by atoms with Crippen molar-refractivity contribution < 1.29 is 19.1 Å². The summed E-state index contributed by atoms with van der Waals surface area (Å²) in [5.74, 6) is -0.797. The lowest BCUT2D eigenvalue weighted by Crippen LogP contribution is -2.46. The van der Waals surface area contributed by atoms with E-state index in [4.69, 9.17) is 9.47 Å². The minimum atomic E-state index is -0.232. The van der Waals surface area contributed by atoms with Gasteiger partial charge in [-0.1, -0.05) is 0 Å². The van der Waals surface area contributed by atoms with Crippen molar-refractivity contribution in [3.05, 3.63) is 0 Å². The Morgan fingerprint density at radius 3 is 2.50 bits per heavy atom. The van der Waals surface area contributed by atoms with Crippen molar-refractivity contribution in [2.24, 2.45) is 11.8 Å². The van der Waals surface area contributed by atoms with Gasteiger partial charge in [-0.15, -0.1) is 0 Å². The van der Waals surface area contributed by atoms with Crippen LogP contribution in [0.4, 0.5) is 0 Å². The molecule has 0 saturated carbocycles. The molecule has 0 aliphatic carbocycles. The third-order valence-corrected chi connectivity index (χ3v) is 4.86. The Labute approximate surface area is 142 Å². The van der Waals surface area contributed by atoms with E-state index in [-0.39, 0.29) is 41.0 Å². The Bertz CT molecular complexity index is 410. The lowest BCUT2D eigenvalue weighted by Gasteiger charge is -2.34. The number of esters is 2. The van der Waals surface area contributed by atoms with Crippen LogP contribution in [0.2, 0.25) is 0 Å². The second-order valence-electron chi connectivity index (χ2n) is 5.98. The number of carbonyl (C=O) groups excluding carboxylic acids is 2. The summed E-state index contributed by atoms with van der Waals surface area (Å²) in [4.78, 5) is 25.7. The highest BCUT2D eigenvalue weighted by molar-refractivity contribution is 7.81. The van der Waals surface area contributed by atoms with Crippen molar-refractivity contribution in [1.29, 1.82) is 0 Å². The molecular formula is C14H24N2O4S2. The Kier molecular flexibility index (Phi) is 6.86. The van der Waals surface area contributed by atoms with E-state index in [1.54, 1.807) is 0 Å². The predicted molar refractivity (Wildman–Crippen MR) is 89.2 cm³/mol. The van der Waals surface area contributed by atoms with Gasteiger partial charge in [-0.2, -0.15) is 25.3 Å². The monoisotopic (exact) mass is 348 g/mol. The van der Waals surface area contributed by atoms with Crippen molar-refractivity contribution >= 4 is 37.2 Å². The Hall–Kier alpha value is -0.440. The fourth-order valence-electron chi connectivity index (χ4n) is 2.98. The molecule has 22 heavy (non-hydrogen) atoms. The van der Waals surface area contributed by atoms with Crippen LogP contribution in [0.25, 0.3) is 0 Å². The molecule has 4 atom stereocenters. The van der Waals surface area contributed by atoms with Gasteiger partial charge >= 0.3 is 11.9 Å². The fraction of sp³-hybridized carbons (Fsp3) is 0.857. The summed E-state index contributed by atoms with van der Waals surface area (Å²) < 4.78 is 10.2. The van der Waals surface area contributed by atoms with Gasteiger partial charge in [0.2, 0.25) is 0 Å². The third-order valence-electron chi connectivity index (χ3n) is 4.09. The zero-order chi connectivity index (χ0) is 16.1. The Morgan fingerprint density at radius 2 is 1.82 bits per heavy atom. The van der Waals surface area contributed by atoms with E-state index < -0.39 is 0 Å². The number of piperidine rings is 2. The number of likely N-dealkylation sites (tertiary alicyclic amines) is 1. The molecule has 0 aromatic rings. The van der Waals surface area contributed by atoms with Crippen LogP contribution in [0.5, 0.6) is 0 Å². The van der Waals surface area contributed by atoms with E-state index in [1.807, 2.05) is 4.90 Å². The molecule has 126 valence electrons. The summed E-state index contributed by atoms with van der Waals surface area (Å²) in [6.45, 7) is 2.88. The molecule has 6 nitrogen and oxygen atoms in total. The Balaban J connectivity index is 1.80. The van der Waals surface area contributed by atoms with Crippen molar-refractivity contribution in [3.63, 3.8) is 0 Å². The summed E-state index contributed by atoms with van der Waals surface area (Å²) in [5, 5.41) is 3.44. The Morgan fingerprint density at radius 1 is 1.09 bits per heavy atom. The number of hydrogen-bond acceptors (Lipinski definition) is 8. The number of ether oxygens (including phenoxy) is 2. The van der Waals surface area contributed by atoms with Gasteiger partial charge in [-0.05, 0) is 12.8 Å². The molecule has 2 saturated heterocycles. The number of nitrogens with one attached hydrogen (secondary N) is 1. The first-order valence-corrected chi connectivity index (χ1v) is 8.56. The second kappa shape index (κ2) is 8.42. The molecular weight excluding hydrogens is 324 g/mol. The van der Waals surface area contributed by atoms with Crippen LogP contribution < -0.4 is 5.32 Å². The van der Waals surface area contributed by atoms with Crippen molar-refractivity contribution in [3.8, 4) is 0 Å². The molecule has 0 spiro atoms. The first-order chi connectivity index (χ1) is 10.5. The largest absolute Gasteiger partial charge is 0.469 e. The highest BCUT2D eigenvalue weighted by atomic mass is 32.1. The van der Waals surface area contributed by atoms with Gasteiger partial charge in [-0.25, -0.2) is 0 Å². The molecule has 0 unspecified atom stereocenters. The van der Waals surface area contributed by atoms with Crippen LogP contribution in [-0.2, 0) is 19.1 Å². The molecule has 8 heteroatoms. The summed E-state index contributed by atoms with van der Waals surface area (Å²) in [6, 6.07) is 0.